The van der Waals surface area contributed by atoms with Gasteiger partial charge in [-0.1, -0.05) is 6.92 Å². The summed E-state index contributed by atoms with van der Waals surface area (Å²) < 4.78 is 86.3. The molecule has 0 fully saturated rings. The molecule has 0 unspecified atom stereocenters. The Labute approximate surface area is 145 Å². The average Bonchev–Trinajstić information content (AvgIpc) is 2.59. The van der Waals surface area contributed by atoms with Gasteiger partial charge in [0.05, 0.1) is 29.6 Å². The summed E-state index contributed by atoms with van der Waals surface area (Å²) in [7, 11) is -3.60. The predicted octanol–water partition coefficient (Wildman–Crippen LogP) is 2.94. The Kier molecular flexibility index (Phi) is 5.44. The van der Waals surface area contributed by atoms with Crippen molar-refractivity contribution in [1.82, 2.24) is 15.0 Å². The molecule has 2 heterocycles. The maximum absolute atomic E-state index is 12.9. The highest BCUT2D eigenvalue weighted by atomic mass is 32.2. The maximum Gasteiger partial charge on any atom is 0.455 e. The van der Waals surface area contributed by atoms with E-state index in [4.69, 9.17) is 0 Å². The number of rotatable bonds is 6. The molecule has 2 aromatic rings. The van der Waals surface area contributed by atoms with Gasteiger partial charge in [0.1, 0.15) is 17.2 Å². The Morgan fingerprint density at radius 1 is 1.08 bits per heavy atom. The molecular weight excluding hydrogens is 383 g/mol. The van der Waals surface area contributed by atoms with Gasteiger partial charge in [-0.05, 0) is 12.1 Å². The van der Waals surface area contributed by atoms with E-state index in [1.54, 1.807) is 0 Å². The van der Waals surface area contributed by atoms with Crippen molar-refractivity contribution in [2.24, 2.45) is 0 Å². The smallest absolute Gasteiger partial charge is 0.362 e. The molecule has 26 heavy (non-hydrogen) atoms. The molecule has 0 atom stereocenters. The van der Waals surface area contributed by atoms with Crippen molar-refractivity contribution in [3.05, 3.63) is 30.7 Å². The molecule has 2 rings (SSSR count). The lowest BCUT2D eigenvalue weighted by molar-refractivity contribution is -0.275. The molecule has 0 aliphatic carbocycles. The first kappa shape index (κ1) is 19.9. The first-order valence-electron chi connectivity index (χ1n) is 7.16. The first-order chi connectivity index (χ1) is 12.0. The highest BCUT2D eigenvalue weighted by Crippen LogP contribution is 2.35. The monoisotopic (exact) mass is 396 g/mol. The van der Waals surface area contributed by atoms with E-state index in [-0.39, 0.29) is 27.9 Å². The molecule has 0 saturated carbocycles. The number of anilines is 1. The summed E-state index contributed by atoms with van der Waals surface area (Å²) in [6.07, 6.45) is -2.41. The van der Waals surface area contributed by atoms with Crippen LogP contribution in [-0.2, 0) is 9.84 Å². The van der Waals surface area contributed by atoms with Crippen LogP contribution in [0.1, 0.15) is 6.92 Å². The average molecular weight is 396 g/mol. The number of nitrogens with zero attached hydrogens (tertiary/aromatic N) is 3. The zero-order valence-electron chi connectivity index (χ0n) is 13.3. The van der Waals surface area contributed by atoms with Gasteiger partial charge in [-0.25, -0.2) is 18.4 Å². The lowest BCUT2D eigenvalue weighted by atomic mass is 10.3. The van der Waals surface area contributed by atoms with Gasteiger partial charge >= 0.3 is 12.1 Å². The summed E-state index contributed by atoms with van der Waals surface area (Å²) in [6.45, 7) is -0.255. The fourth-order valence-electron chi connectivity index (χ4n) is 1.83. The minimum Gasteiger partial charge on any atom is -0.362 e. The van der Waals surface area contributed by atoms with Gasteiger partial charge in [-0.15, -0.1) is 0 Å². The third-order valence-corrected chi connectivity index (χ3v) is 5.05. The van der Waals surface area contributed by atoms with Crippen LogP contribution in [0.5, 0.6) is 0 Å². The number of alkyl halides is 5. The second kappa shape index (κ2) is 7.09. The fourth-order valence-corrected chi connectivity index (χ4v) is 2.88. The summed E-state index contributed by atoms with van der Waals surface area (Å²) >= 11 is 0. The van der Waals surface area contributed by atoms with Crippen molar-refractivity contribution < 1.29 is 30.4 Å². The summed E-state index contributed by atoms with van der Waals surface area (Å²) in [5.74, 6) is -5.43. The third kappa shape index (κ3) is 4.23. The second-order valence-corrected chi connectivity index (χ2v) is 7.34. The third-order valence-electron chi connectivity index (χ3n) is 3.29. The lowest BCUT2D eigenvalue weighted by Gasteiger charge is -2.19. The normalized spacial score (nSPS) is 12.8. The molecule has 0 aliphatic rings. The van der Waals surface area contributed by atoms with Crippen LogP contribution in [0.25, 0.3) is 11.4 Å². The van der Waals surface area contributed by atoms with Gasteiger partial charge in [0.2, 0.25) is 0 Å². The van der Waals surface area contributed by atoms with Crippen LogP contribution >= 0.6 is 0 Å². The van der Waals surface area contributed by atoms with Crippen molar-refractivity contribution in [2.75, 3.05) is 17.6 Å². The number of pyridine rings is 1. The second-order valence-electron chi connectivity index (χ2n) is 5.10. The summed E-state index contributed by atoms with van der Waals surface area (Å²) in [4.78, 5) is 11.4. The van der Waals surface area contributed by atoms with E-state index < -0.39 is 28.5 Å². The van der Waals surface area contributed by atoms with Crippen molar-refractivity contribution >= 4 is 15.7 Å². The first-order valence-corrected chi connectivity index (χ1v) is 8.82. The van der Waals surface area contributed by atoms with Crippen LogP contribution in [0.3, 0.4) is 0 Å². The van der Waals surface area contributed by atoms with E-state index in [1.165, 1.54) is 25.3 Å². The molecule has 0 saturated heterocycles. The predicted molar refractivity (Wildman–Crippen MR) is 82.5 cm³/mol. The van der Waals surface area contributed by atoms with Gasteiger partial charge in [-0.2, -0.15) is 22.0 Å². The van der Waals surface area contributed by atoms with E-state index in [2.05, 4.69) is 15.0 Å². The minimum atomic E-state index is -5.69. The zero-order chi connectivity index (χ0) is 19.6. The Bertz CT molecular complexity index is 870. The maximum atomic E-state index is 12.9. The van der Waals surface area contributed by atoms with Crippen molar-refractivity contribution in [3.63, 3.8) is 0 Å². The Morgan fingerprint density at radius 3 is 2.31 bits per heavy atom. The van der Waals surface area contributed by atoms with Crippen LogP contribution in [0, 0.1) is 0 Å². The number of hydrogen-bond acceptors (Lipinski definition) is 6. The number of hydrogen-bond donors (Lipinski definition) is 1. The molecule has 0 bridgehead atoms. The minimum absolute atomic E-state index is 0.00835. The zero-order valence-corrected chi connectivity index (χ0v) is 14.1. The lowest BCUT2D eigenvalue weighted by Crippen LogP contribution is -2.42. The van der Waals surface area contributed by atoms with Crippen LogP contribution in [0.2, 0.25) is 0 Å². The summed E-state index contributed by atoms with van der Waals surface area (Å²) in [5.41, 5.74) is 0.0415. The van der Waals surface area contributed by atoms with Gasteiger partial charge in [-0.3, -0.25) is 4.98 Å². The fraction of sp³-hybridized carbons (Fsp3) is 0.357. The molecule has 12 heteroatoms. The highest BCUT2D eigenvalue weighted by molar-refractivity contribution is 7.91. The molecule has 2 aromatic heterocycles. The molecule has 0 radical (unpaired) electrons. The van der Waals surface area contributed by atoms with E-state index in [1.807, 2.05) is 5.32 Å². The number of halogens is 5. The van der Waals surface area contributed by atoms with E-state index >= 15 is 0 Å². The number of sulfone groups is 1. The SMILES string of the molecule is CCS(=O)(=O)c1cccnc1-c1cnc(NCC(F)(F)C(F)(F)F)cn1. The van der Waals surface area contributed by atoms with Crippen molar-refractivity contribution in [3.8, 4) is 11.4 Å². The van der Waals surface area contributed by atoms with E-state index in [0.29, 0.717) is 0 Å². The van der Waals surface area contributed by atoms with Gasteiger partial charge in [0, 0.05) is 6.20 Å². The molecule has 142 valence electrons. The molecular formula is C14H13F5N4O2S. The number of nitrogens with one attached hydrogen (secondary N) is 1. The summed E-state index contributed by atoms with van der Waals surface area (Å²) in [5, 5.41) is 1.84. The van der Waals surface area contributed by atoms with Crippen LogP contribution in [0.4, 0.5) is 27.8 Å². The van der Waals surface area contributed by atoms with Crippen LogP contribution < -0.4 is 5.32 Å². The van der Waals surface area contributed by atoms with Crippen molar-refractivity contribution in [1.29, 1.82) is 0 Å². The largest absolute Gasteiger partial charge is 0.455 e. The standard InChI is InChI=1S/C14H13F5N4O2S/c1-2-26(24,25)10-4-3-5-20-12(10)9-6-22-11(7-21-9)23-8-13(15,16)14(17,18)19/h3-7H,2,8H2,1H3,(H,22,23). The van der Waals surface area contributed by atoms with Crippen molar-refractivity contribution in [2.45, 2.75) is 23.9 Å². The Morgan fingerprint density at radius 2 is 1.77 bits per heavy atom. The molecule has 6 nitrogen and oxygen atoms in total. The van der Waals surface area contributed by atoms with Gasteiger partial charge in [0.25, 0.3) is 0 Å². The molecule has 0 aliphatic heterocycles. The molecule has 0 aromatic carbocycles. The Balaban J connectivity index is 2.24. The highest BCUT2D eigenvalue weighted by Gasteiger charge is 2.57. The Hall–Kier alpha value is -2.37. The van der Waals surface area contributed by atoms with E-state index in [0.717, 1.165) is 12.4 Å². The van der Waals surface area contributed by atoms with Crippen LogP contribution in [0.15, 0.2) is 35.6 Å². The number of aromatic nitrogens is 3. The van der Waals surface area contributed by atoms with E-state index in [9.17, 15) is 30.4 Å². The molecule has 0 spiro atoms. The van der Waals surface area contributed by atoms with Crippen LogP contribution in [-0.4, -0.2) is 47.8 Å². The quantitative estimate of drug-likeness (QED) is 0.756. The summed E-state index contributed by atoms with van der Waals surface area (Å²) in [6, 6.07) is 2.76. The van der Waals surface area contributed by atoms with Gasteiger partial charge in [0.15, 0.2) is 9.84 Å². The molecule has 0 amide bonds. The van der Waals surface area contributed by atoms with Gasteiger partial charge < -0.3 is 5.32 Å². The topological polar surface area (TPSA) is 84.8 Å². The molecule has 1 N–H and O–H groups in total.